The van der Waals surface area contributed by atoms with Gasteiger partial charge in [0, 0.05) is 10.9 Å². The van der Waals surface area contributed by atoms with Crippen LogP contribution in [0.15, 0.2) is 22.7 Å². The minimum Gasteiger partial charge on any atom is -0.294 e. The lowest BCUT2D eigenvalue weighted by atomic mass is 10.0. The molecular formula is C12H14BrFO. The predicted molar refractivity (Wildman–Crippen MR) is 62.6 cm³/mol. The van der Waals surface area contributed by atoms with Gasteiger partial charge in [-0.25, -0.2) is 4.39 Å². The summed E-state index contributed by atoms with van der Waals surface area (Å²) in [5.74, 6) is -0.542. The van der Waals surface area contributed by atoms with Gasteiger partial charge in [0.15, 0.2) is 5.78 Å². The van der Waals surface area contributed by atoms with Gasteiger partial charge in [-0.05, 0) is 24.6 Å². The van der Waals surface area contributed by atoms with Crippen LogP contribution in [0.1, 0.15) is 43.0 Å². The van der Waals surface area contributed by atoms with Gasteiger partial charge in [-0.2, -0.15) is 0 Å². The Morgan fingerprint density at radius 1 is 1.40 bits per heavy atom. The highest BCUT2D eigenvalue weighted by Gasteiger charge is 2.10. The molecule has 82 valence electrons. The first-order valence-electron chi connectivity index (χ1n) is 5.13. The molecule has 0 fully saturated rings. The lowest BCUT2D eigenvalue weighted by molar-refractivity contribution is 0.0975. The predicted octanol–water partition coefficient (Wildman–Crippen LogP) is 4.35. The summed E-state index contributed by atoms with van der Waals surface area (Å²) in [4.78, 5) is 11.6. The first-order chi connectivity index (χ1) is 7.15. The van der Waals surface area contributed by atoms with Gasteiger partial charge in [0.05, 0.1) is 5.56 Å². The Morgan fingerprint density at radius 2 is 2.13 bits per heavy atom. The normalized spacial score (nSPS) is 10.3. The molecule has 1 aromatic carbocycles. The van der Waals surface area contributed by atoms with Crippen molar-refractivity contribution in [3.8, 4) is 0 Å². The van der Waals surface area contributed by atoms with Crippen LogP contribution in [0.5, 0.6) is 0 Å². The van der Waals surface area contributed by atoms with E-state index >= 15 is 0 Å². The molecular weight excluding hydrogens is 259 g/mol. The summed E-state index contributed by atoms with van der Waals surface area (Å²) < 4.78 is 14.0. The van der Waals surface area contributed by atoms with Gasteiger partial charge < -0.3 is 0 Å². The maximum Gasteiger partial charge on any atom is 0.165 e. The van der Waals surface area contributed by atoms with Crippen LogP contribution >= 0.6 is 15.9 Å². The maximum absolute atomic E-state index is 13.4. The van der Waals surface area contributed by atoms with Crippen molar-refractivity contribution >= 4 is 21.7 Å². The maximum atomic E-state index is 13.4. The first-order valence-corrected chi connectivity index (χ1v) is 5.92. The zero-order chi connectivity index (χ0) is 11.3. The molecule has 0 saturated carbocycles. The molecule has 15 heavy (non-hydrogen) atoms. The molecule has 0 saturated heterocycles. The smallest absolute Gasteiger partial charge is 0.165 e. The van der Waals surface area contributed by atoms with Gasteiger partial charge >= 0.3 is 0 Å². The lowest BCUT2D eigenvalue weighted by Gasteiger charge is -2.02. The third kappa shape index (κ3) is 3.74. The van der Waals surface area contributed by atoms with Crippen LogP contribution < -0.4 is 0 Å². The largest absolute Gasteiger partial charge is 0.294 e. The van der Waals surface area contributed by atoms with Crippen molar-refractivity contribution < 1.29 is 9.18 Å². The van der Waals surface area contributed by atoms with Gasteiger partial charge in [0.1, 0.15) is 5.82 Å². The van der Waals surface area contributed by atoms with Crippen molar-refractivity contribution in [1.82, 2.24) is 0 Å². The second kappa shape index (κ2) is 6.01. The van der Waals surface area contributed by atoms with Crippen LogP contribution in [0.2, 0.25) is 0 Å². The van der Waals surface area contributed by atoms with E-state index in [0.29, 0.717) is 10.9 Å². The molecule has 0 aliphatic rings. The van der Waals surface area contributed by atoms with Gasteiger partial charge in [-0.15, -0.1) is 0 Å². The first kappa shape index (κ1) is 12.4. The summed E-state index contributed by atoms with van der Waals surface area (Å²) in [7, 11) is 0. The van der Waals surface area contributed by atoms with Gasteiger partial charge in [0.25, 0.3) is 0 Å². The minimum atomic E-state index is -0.439. The highest BCUT2D eigenvalue weighted by molar-refractivity contribution is 9.10. The van der Waals surface area contributed by atoms with Crippen molar-refractivity contribution in [1.29, 1.82) is 0 Å². The molecule has 0 N–H and O–H groups in total. The summed E-state index contributed by atoms with van der Waals surface area (Å²) in [5, 5.41) is 0. The number of hydrogen-bond donors (Lipinski definition) is 0. The third-order valence-corrected chi connectivity index (χ3v) is 2.73. The number of unbranched alkanes of at least 4 members (excludes halogenated alkanes) is 2. The molecule has 3 heteroatoms. The summed E-state index contributed by atoms with van der Waals surface area (Å²) in [6, 6.07) is 4.55. The van der Waals surface area contributed by atoms with E-state index in [1.807, 2.05) is 0 Å². The van der Waals surface area contributed by atoms with E-state index in [1.54, 1.807) is 6.07 Å². The topological polar surface area (TPSA) is 17.1 Å². The molecule has 0 radical (unpaired) electrons. The summed E-state index contributed by atoms with van der Waals surface area (Å²) in [5.41, 5.74) is 0.203. The van der Waals surface area contributed by atoms with E-state index in [0.717, 1.165) is 19.3 Å². The third-order valence-electron chi connectivity index (χ3n) is 2.24. The van der Waals surface area contributed by atoms with E-state index in [1.165, 1.54) is 12.1 Å². The standard InChI is InChI=1S/C12H14BrFO/c1-2-3-4-5-12(15)10-7-6-9(13)8-11(10)14/h6-8H,2-5H2,1H3. The Morgan fingerprint density at radius 3 is 2.73 bits per heavy atom. The van der Waals surface area contributed by atoms with E-state index in [4.69, 9.17) is 0 Å². The van der Waals surface area contributed by atoms with E-state index in [9.17, 15) is 9.18 Å². The Labute approximate surface area is 97.8 Å². The lowest BCUT2D eigenvalue weighted by Crippen LogP contribution is -2.02. The van der Waals surface area contributed by atoms with Crippen molar-refractivity contribution in [3.05, 3.63) is 34.1 Å². The number of halogens is 2. The second-order valence-electron chi connectivity index (χ2n) is 3.50. The van der Waals surface area contributed by atoms with Gasteiger partial charge in [-0.3, -0.25) is 4.79 Å². The average Bonchev–Trinajstić information content (AvgIpc) is 2.17. The van der Waals surface area contributed by atoms with Crippen molar-refractivity contribution in [3.63, 3.8) is 0 Å². The van der Waals surface area contributed by atoms with Crippen LogP contribution in [-0.4, -0.2) is 5.78 Å². The van der Waals surface area contributed by atoms with Crippen molar-refractivity contribution in [2.75, 3.05) is 0 Å². The molecule has 0 aromatic heterocycles. The van der Waals surface area contributed by atoms with Crippen molar-refractivity contribution in [2.45, 2.75) is 32.6 Å². The van der Waals surface area contributed by atoms with Crippen molar-refractivity contribution in [2.24, 2.45) is 0 Å². The summed E-state index contributed by atoms with van der Waals surface area (Å²) >= 11 is 3.16. The molecule has 0 aliphatic carbocycles. The molecule has 0 amide bonds. The zero-order valence-corrected chi connectivity index (χ0v) is 10.3. The van der Waals surface area contributed by atoms with E-state index < -0.39 is 5.82 Å². The number of hydrogen-bond acceptors (Lipinski definition) is 1. The fourth-order valence-electron chi connectivity index (χ4n) is 1.39. The molecule has 0 unspecified atom stereocenters. The van der Waals surface area contributed by atoms with Crippen LogP contribution in [-0.2, 0) is 0 Å². The van der Waals surface area contributed by atoms with Crippen LogP contribution in [0, 0.1) is 5.82 Å². The Kier molecular flexibility index (Phi) is 4.95. The number of rotatable bonds is 5. The summed E-state index contributed by atoms with van der Waals surface area (Å²) in [6.45, 7) is 2.07. The number of Topliss-reactive ketones (excluding diaryl/α,β-unsaturated/α-hetero) is 1. The van der Waals surface area contributed by atoms with Gasteiger partial charge in [-0.1, -0.05) is 35.7 Å². The Bertz CT molecular complexity index is 349. The Balaban J connectivity index is 2.65. The molecule has 0 heterocycles. The number of carbonyl (C=O) groups excluding carboxylic acids is 1. The van der Waals surface area contributed by atoms with Crippen LogP contribution in [0.25, 0.3) is 0 Å². The van der Waals surface area contributed by atoms with Gasteiger partial charge in [0.2, 0.25) is 0 Å². The molecule has 0 aliphatic heterocycles. The fraction of sp³-hybridized carbons (Fsp3) is 0.417. The minimum absolute atomic E-state index is 0.103. The van der Waals surface area contributed by atoms with E-state index in [2.05, 4.69) is 22.9 Å². The SMILES string of the molecule is CCCCCC(=O)c1ccc(Br)cc1F. The zero-order valence-electron chi connectivity index (χ0n) is 8.72. The molecule has 0 spiro atoms. The number of carbonyl (C=O) groups is 1. The Hall–Kier alpha value is -0.700. The monoisotopic (exact) mass is 272 g/mol. The van der Waals surface area contributed by atoms with Crippen LogP contribution in [0.3, 0.4) is 0 Å². The van der Waals surface area contributed by atoms with E-state index in [-0.39, 0.29) is 11.3 Å². The highest BCUT2D eigenvalue weighted by atomic mass is 79.9. The molecule has 1 rings (SSSR count). The molecule has 0 atom stereocenters. The number of benzene rings is 1. The molecule has 1 nitrogen and oxygen atoms in total. The molecule has 1 aromatic rings. The van der Waals surface area contributed by atoms with Crippen LogP contribution in [0.4, 0.5) is 4.39 Å². The summed E-state index contributed by atoms with van der Waals surface area (Å²) in [6.07, 6.45) is 3.36. The second-order valence-corrected chi connectivity index (χ2v) is 4.42. The molecule has 0 bridgehead atoms. The fourth-order valence-corrected chi connectivity index (χ4v) is 1.72. The average molecular weight is 273 g/mol. The highest BCUT2D eigenvalue weighted by Crippen LogP contribution is 2.17. The number of ketones is 1. The quantitative estimate of drug-likeness (QED) is 0.575.